The van der Waals surface area contributed by atoms with Crippen LogP contribution >= 0.6 is 11.6 Å². The maximum atomic E-state index is 12.3. The van der Waals surface area contributed by atoms with E-state index in [9.17, 15) is 18.4 Å². The van der Waals surface area contributed by atoms with E-state index in [1.165, 1.54) is 42.7 Å². The molecule has 3 rings (SSSR count). The number of nitrogens with one attached hydrogen (secondary N) is 2. The van der Waals surface area contributed by atoms with E-state index in [0.29, 0.717) is 16.9 Å². The number of furan rings is 1. The van der Waals surface area contributed by atoms with E-state index in [-0.39, 0.29) is 16.5 Å². The lowest BCUT2D eigenvalue weighted by Gasteiger charge is -2.10. The molecule has 0 atom stereocenters. The van der Waals surface area contributed by atoms with Crippen LogP contribution in [0.25, 0.3) is 0 Å². The van der Waals surface area contributed by atoms with Crippen molar-refractivity contribution in [3.8, 4) is 5.75 Å². The number of benzene rings is 2. The number of hydrogen-bond donors (Lipinski definition) is 2. The van der Waals surface area contributed by atoms with Crippen LogP contribution in [0, 0.1) is 0 Å². The second-order valence-corrected chi connectivity index (χ2v) is 5.89. The van der Waals surface area contributed by atoms with Crippen molar-refractivity contribution < 1.29 is 27.5 Å². The van der Waals surface area contributed by atoms with Gasteiger partial charge in [0.1, 0.15) is 5.75 Å². The van der Waals surface area contributed by atoms with Gasteiger partial charge in [-0.25, -0.2) is 0 Å². The largest absolute Gasteiger partial charge is 0.459 e. The summed E-state index contributed by atoms with van der Waals surface area (Å²) < 4.78 is 33.7. The van der Waals surface area contributed by atoms with Crippen molar-refractivity contribution in [3.05, 3.63) is 77.2 Å². The Morgan fingerprint density at radius 2 is 1.64 bits per heavy atom. The van der Waals surface area contributed by atoms with Gasteiger partial charge in [-0.05, 0) is 54.6 Å². The first kappa shape index (κ1) is 19.4. The van der Waals surface area contributed by atoms with Crippen LogP contribution in [0.1, 0.15) is 20.9 Å². The molecule has 2 amide bonds. The molecule has 0 saturated heterocycles. The lowest BCUT2D eigenvalue weighted by atomic mass is 10.2. The number of carbonyl (C=O) groups excluding carboxylic acids is 2. The molecule has 0 saturated carbocycles. The summed E-state index contributed by atoms with van der Waals surface area (Å²) in [5.41, 5.74) is 1.11. The average molecular weight is 407 g/mol. The van der Waals surface area contributed by atoms with Gasteiger partial charge in [-0.2, -0.15) is 8.78 Å². The fraction of sp³-hybridized carbons (Fsp3) is 0.0526. The van der Waals surface area contributed by atoms with Crippen molar-refractivity contribution in [1.29, 1.82) is 0 Å². The predicted octanol–water partition coefficient (Wildman–Crippen LogP) is 5.04. The van der Waals surface area contributed by atoms with E-state index in [1.54, 1.807) is 18.2 Å². The molecule has 0 radical (unpaired) electrons. The fourth-order valence-electron chi connectivity index (χ4n) is 2.28. The lowest BCUT2D eigenvalue weighted by Crippen LogP contribution is -2.13. The summed E-state index contributed by atoms with van der Waals surface area (Å²) in [5, 5.41) is 5.16. The Morgan fingerprint density at radius 3 is 2.25 bits per heavy atom. The SMILES string of the molecule is O=C(Nc1ccc(OC(F)F)c(Cl)c1)c1ccc(NC(=O)c2ccco2)cc1. The third kappa shape index (κ3) is 4.86. The zero-order chi connectivity index (χ0) is 20.1. The van der Waals surface area contributed by atoms with Gasteiger partial charge in [-0.15, -0.1) is 0 Å². The number of halogens is 3. The third-order valence-corrected chi connectivity index (χ3v) is 3.85. The molecule has 1 heterocycles. The van der Waals surface area contributed by atoms with Crippen LogP contribution in [0.3, 0.4) is 0 Å². The maximum Gasteiger partial charge on any atom is 0.387 e. The minimum absolute atomic E-state index is 0.0610. The van der Waals surface area contributed by atoms with Crippen LogP contribution in [0.5, 0.6) is 5.75 Å². The zero-order valence-corrected chi connectivity index (χ0v) is 14.9. The van der Waals surface area contributed by atoms with Crippen LogP contribution in [0.2, 0.25) is 5.02 Å². The van der Waals surface area contributed by atoms with Gasteiger partial charge < -0.3 is 19.8 Å². The highest BCUT2D eigenvalue weighted by Crippen LogP contribution is 2.29. The number of rotatable bonds is 6. The van der Waals surface area contributed by atoms with Gasteiger partial charge in [-0.3, -0.25) is 9.59 Å². The topological polar surface area (TPSA) is 80.6 Å². The minimum Gasteiger partial charge on any atom is -0.459 e. The molecule has 6 nitrogen and oxygen atoms in total. The first-order valence-electron chi connectivity index (χ1n) is 7.93. The Morgan fingerprint density at radius 1 is 0.964 bits per heavy atom. The molecule has 1 aromatic heterocycles. The van der Waals surface area contributed by atoms with Crippen molar-refractivity contribution in [2.45, 2.75) is 6.61 Å². The Kier molecular flexibility index (Phi) is 5.90. The quantitative estimate of drug-likeness (QED) is 0.601. The summed E-state index contributed by atoms with van der Waals surface area (Å²) in [5.74, 6) is -0.880. The third-order valence-electron chi connectivity index (χ3n) is 3.56. The van der Waals surface area contributed by atoms with Gasteiger partial charge >= 0.3 is 6.61 Å². The Hall–Kier alpha value is -3.39. The van der Waals surface area contributed by atoms with Crippen LogP contribution in [0.15, 0.2) is 65.3 Å². The van der Waals surface area contributed by atoms with Gasteiger partial charge in [0.05, 0.1) is 11.3 Å². The van der Waals surface area contributed by atoms with Crippen molar-refractivity contribution in [1.82, 2.24) is 0 Å². The molecule has 28 heavy (non-hydrogen) atoms. The summed E-state index contributed by atoms with van der Waals surface area (Å²) in [6.07, 6.45) is 1.39. The molecule has 3 aromatic rings. The standard InChI is InChI=1S/C19H13ClF2N2O4/c20-14-10-13(7-8-15(14)28-19(21)22)24-17(25)11-3-5-12(6-4-11)23-18(26)16-2-1-9-27-16/h1-10,19H,(H,23,26)(H,24,25). The number of alkyl halides is 2. The van der Waals surface area contributed by atoms with E-state index >= 15 is 0 Å². The summed E-state index contributed by atoms with van der Waals surface area (Å²) in [4.78, 5) is 24.2. The molecule has 2 N–H and O–H groups in total. The molecule has 0 aliphatic heterocycles. The van der Waals surface area contributed by atoms with Crippen LogP contribution < -0.4 is 15.4 Å². The van der Waals surface area contributed by atoms with E-state index in [0.717, 1.165) is 0 Å². The molecular formula is C19H13ClF2N2O4. The number of anilines is 2. The Bertz CT molecular complexity index is 976. The first-order valence-corrected chi connectivity index (χ1v) is 8.31. The highest BCUT2D eigenvalue weighted by atomic mass is 35.5. The van der Waals surface area contributed by atoms with Crippen LogP contribution in [0.4, 0.5) is 20.2 Å². The van der Waals surface area contributed by atoms with Crippen LogP contribution in [-0.4, -0.2) is 18.4 Å². The van der Waals surface area contributed by atoms with Crippen molar-refractivity contribution in [2.24, 2.45) is 0 Å². The fourth-order valence-corrected chi connectivity index (χ4v) is 2.50. The van der Waals surface area contributed by atoms with E-state index in [4.69, 9.17) is 16.0 Å². The smallest absolute Gasteiger partial charge is 0.387 e. The van der Waals surface area contributed by atoms with Gasteiger partial charge in [0.2, 0.25) is 0 Å². The van der Waals surface area contributed by atoms with Gasteiger partial charge in [-0.1, -0.05) is 11.6 Å². The second kappa shape index (κ2) is 8.53. The summed E-state index contributed by atoms with van der Waals surface area (Å²) in [7, 11) is 0. The lowest BCUT2D eigenvalue weighted by molar-refractivity contribution is -0.0497. The first-order chi connectivity index (χ1) is 13.4. The Labute approximate surface area is 163 Å². The normalized spacial score (nSPS) is 10.6. The van der Waals surface area contributed by atoms with Gasteiger partial charge in [0.15, 0.2) is 5.76 Å². The molecule has 0 bridgehead atoms. The predicted molar refractivity (Wildman–Crippen MR) is 99.1 cm³/mol. The molecule has 0 fully saturated rings. The Balaban J connectivity index is 1.63. The van der Waals surface area contributed by atoms with Crippen molar-refractivity contribution in [3.63, 3.8) is 0 Å². The van der Waals surface area contributed by atoms with E-state index in [2.05, 4.69) is 15.4 Å². The van der Waals surface area contributed by atoms with E-state index < -0.39 is 18.4 Å². The molecule has 144 valence electrons. The second-order valence-electron chi connectivity index (χ2n) is 5.49. The van der Waals surface area contributed by atoms with Crippen molar-refractivity contribution >= 4 is 34.8 Å². The molecule has 0 aliphatic carbocycles. The maximum absolute atomic E-state index is 12.3. The molecular weight excluding hydrogens is 394 g/mol. The number of hydrogen-bond acceptors (Lipinski definition) is 4. The molecule has 0 aliphatic rings. The highest BCUT2D eigenvalue weighted by Gasteiger charge is 2.12. The number of carbonyl (C=O) groups is 2. The molecule has 0 spiro atoms. The summed E-state index contributed by atoms with van der Waals surface area (Å²) in [6, 6.07) is 13.2. The molecule has 2 aromatic carbocycles. The van der Waals surface area contributed by atoms with E-state index in [1.807, 2.05) is 0 Å². The highest BCUT2D eigenvalue weighted by molar-refractivity contribution is 6.32. The summed E-state index contributed by atoms with van der Waals surface area (Å²) >= 11 is 5.86. The summed E-state index contributed by atoms with van der Waals surface area (Å²) in [6.45, 7) is -3.00. The monoisotopic (exact) mass is 406 g/mol. The van der Waals surface area contributed by atoms with Crippen molar-refractivity contribution in [2.75, 3.05) is 10.6 Å². The average Bonchev–Trinajstić information content (AvgIpc) is 3.19. The van der Waals surface area contributed by atoms with Gasteiger partial charge in [0, 0.05) is 16.9 Å². The molecule has 0 unspecified atom stereocenters. The van der Waals surface area contributed by atoms with Gasteiger partial charge in [0.25, 0.3) is 11.8 Å². The minimum atomic E-state index is -3.00. The number of amides is 2. The molecule has 9 heteroatoms. The number of ether oxygens (including phenoxy) is 1. The zero-order valence-electron chi connectivity index (χ0n) is 14.1. The van der Waals surface area contributed by atoms with Crippen LogP contribution in [-0.2, 0) is 0 Å².